The second-order valence-electron chi connectivity index (χ2n) is 4.70. The summed E-state index contributed by atoms with van der Waals surface area (Å²) in [5, 5.41) is 0. The molecule has 4 N–H and O–H groups in total. The first-order valence-corrected chi connectivity index (χ1v) is 7.05. The Morgan fingerprint density at radius 2 is 1.05 bits per heavy atom. The first-order chi connectivity index (χ1) is 10.3. The Kier molecular flexibility index (Phi) is 6.12. The fourth-order valence-electron chi connectivity index (χ4n) is 1.94. The van der Waals surface area contributed by atoms with Crippen molar-refractivity contribution in [1.82, 2.24) is 0 Å². The van der Waals surface area contributed by atoms with Gasteiger partial charge in [-0.25, -0.2) is 0 Å². The van der Waals surface area contributed by atoms with Gasteiger partial charge in [-0.3, -0.25) is 0 Å². The predicted octanol–water partition coefficient (Wildman–Crippen LogP) is 1.68. The molecule has 5 heteroatoms. The molecule has 0 heterocycles. The molecule has 0 aliphatic heterocycles. The van der Waals surface area contributed by atoms with E-state index in [9.17, 15) is 0 Å². The van der Waals surface area contributed by atoms with Crippen molar-refractivity contribution in [1.29, 1.82) is 0 Å². The average molecular weight is 283 g/mol. The minimum Gasteiger partial charge on any atom is -0.526 e. The van der Waals surface area contributed by atoms with Crippen molar-refractivity contribution in [3.63, 3.8) is 0 Å². The van der Waals surface area contributed by atoms with Crippen LogP contribution in [0.15, 0.2) is 48.5 Å². The standard InChI is InChI=1S/C16H20BN2O2/c18-11-9-13-1-5-15(6-2-13)20-17-21-16-7-3-14(4-8-16)10-12-19/h1-8H,9-12,18-19H2. The lowest BCUT2D eigenvalue weighted by molar-refractivity contribution is 0.459. The highest BCUT2D eigenvalue weighted by Gasteiger charge is 2.02. The minimum atomic E-state index is 0.648. The first-order valence-electron chi connectivity index (χ1n) is 7.05. The molecular weight excluding hydrogens is 263 g/mol. The Morgan fingerprint density at radius 1 is 0.667 bits per heavy atom. The number of benzene rings is 2. The van der Waals surface area contributed by atoms with Crippen molar-refractivity contribution in [2.75, 3.05) is 13.1 Å². The van der Waals surface area contributed by atoms with Crippen LogP contribution in [-0.4, -0.2) is 20.8 Å². The van der Waals surface area contributed by atoms with E-state index in [2.05, 4.69) is 0 Å². The van der Waals surface area contributed by atoms with E-state index in [1.807, 2.05) is 48.5 Å². The summed E-state index contributed by atoms with van der Waals surface area (Å²) in [5.74, 6) is 1.46. The maximum atomic E-state index is 5.51. The number of hydrogen-bond acceptors (Lipinski definition) is 4. The highest BCUT2D eigenvalue weighted by atomic mass is 16.6. The van der Waals surface area contributed by atoms with Crippen LogP contribution < -0.4 is 20.8 Å². The Bertz CT molecular complexity index is 479. The van der Waals surface area contributed by atoms with Crippen LogP contribution in [0.1, 0.15) is 11.1 Å². The maximum absolute atomic E-state index is 5.51. The molecule has 0 fully saturated rings. The third-order valence-corrected chi connectivity index (χ3v) is 3.08. The van der Waals surface area contributed by atoms with E-state index in [1.165, 1.54) is 18.8 Å². The maximum Gasteiger partial charge on any atom is 0.658 e. The zero-order valence-electron chi connectivity index (χ0n) is 12.0. The van der Waals surface area contributed by atoms with Crippen molar-refractivity contribution >= 4 is 7.69 Å². The minimum absolute atomic E-state index is 0.648. The van der Waals surface area contributed by atoms with Gasteiger partial charge >= 0.3 is 7.69 Å². The van der Waals surface area contributed by atoms with Gasteiger partial charge in [-0.05, 0) is 61.3 Å². The van der Waals surface area contributed by atoms with Crippen LogP contribution in [0.2, 0.25) is 0 Å². The van der Waals surface area contributed by atoms with E-state index in [4.69, 9.17) is 20.8 Å². The van der Waals surface area contributed by atoms with Gasteiger partial charge in [0.1, 0.15) is 11.5 Å². The van der Waals surface area contributed by atoms with Gasteiger partial charge in [0.25, 0.3) is 0 Å². The molecule has 0 aromatic heterocycles. The van der Waals surface area contributed by atoms with Gasteiger partial charge in [-0.2, -0.15) is 0 Å². The van der Waals surface area contributed by atoms with Crippen molar-refractivity contribution in [3.8, 4) is 11.5 Å². The summed E-state index contributed by atoms with van der Waals surface area (Å²) in [7, 11) is 1.33. The van der Waals surface area contributed by atoms with E-state index in [0.717, 1.165) is 24.3 Å². The molecule has 4 nitrogen and oxygen atoms in total. The Labute approximate surface area is 126 Å². The van der Waals surface area contributed by atoms with Gasteiger partial charge in [-0.1, -0.05) is 24.3 Å². The van der Waals surface area contributed by atoms with Crippen LogP contribution in [0.25, 0.3) is 0 Å². The summed E-state index contributed by atoms with van der Waals surface area (Å²) in [5.41, 5.74) is 13.4. The molecule has 0 unspecified atom stereocenters. The fraction of sp³-hybridized carbons (Fsp3) is 0.250. The Hall–Kier alpha value is -1.98. The molecule has 2 rings (SSSR count). The van der Waals surface area contributed by atoms with Crippen LogP contribution >= 0.6 is 0 Å². The molecule has 2 aromatic rings. The molecule has 0 bridgehead atoms. The van der Waals surface area contributed by atoms with Gasteiger partial charge in [0, 0.05) is 0 Å². The molecule has 0 saturated carbocycles. The molecule has 0 spiro atoms. The van der Waals surface area contributed by atoms with Gasteiger partial charge in [-0.15, -0.1) is 0 Å². The summed E-state index contributed by atoms with van der Waals surface area (Å²) < 4.78 is 10.8. The van der Waals surface area contributed by atoms with Gasteiger partial charge < -0.3 is 20.8 Å². The van der Waals surface area contributed by atoms with Crippen LogP contribution in [0.3, 0.4) is 0 Å². The smallest absolute Gasteiger partial charge is 0.526 e. The lowest BCUT2D eigenvalue weighted by Crippen LogP contribution is -2.11. The third-order valence-electron chi connectivity index (χ3n) is 3.08. The van der Waals surface area contributed by atoms with E-state index in [-0.39, 0.29) is 0 Å². The van der Waals surface area contributed by atoms with E-state index in [1.54, 1.807) is 0 Å². The molecule has 1 radical (unpaired) electrons. The van der Waals surface area contributed by atoms with E-state index < -0.39 is 0 Å². The molecule has 0 aliphatic carbocycles. The lowest BCUT2D eigenvalue weighted by atomic mass is 10.1. The number of rotatable bonds is 8. The Morgan fingerprint density at radius 3 is 1.38 bits per heavy atom. The van der Waals surface area contributed by atoms with E-state index >= 15 is 0 Å². The molecular formula is C16H20BN2O2. The van der Waals surface area contributed by atoms with Crippen molar-refractivity contribution in [3.05, 3.63) is 59.7 Å². The molecule has 2 aromatic carbocycles. The predicted molar refractivity (Wildman–Crippen MR) is 85.4 cm³/mol. The second-order valence-corrected chi connectivity index (χ2v) is 4.70. The zero-order chi connectivity index (χ0) is 14.9. The molecule has 0 amide bonds. The average Bonchev–Trinajstić information content (AvgIpc) is 2.51. The SMILES string of the molecule is NCCc1ccc(O[B]Oc2ccc(CCN)cc2)cc1. The van der Waals surface area contributed by atoms with Gasteiger partial charge in [0.05, 0.1) is 0 Å². The lowest BCUT2D eigenvalue weighted by Gasteiger charge is -2.08. The van der Waals surface area contributed by atoms with Crippen LogP contribution in [0, 0.1) is 0 Å². The van der Waals surface area contributed by atoms with Crippen molar-refractivity contribution < 1.29 is 9.31 Å². The highest BCUT2D eigenvalue weighted by Crippen LogP contribution is 2.14. The molecule has 0 aliphatic rings. The topological polar surface area (TPSA) is 70.5 Å². The largest absolute Gasteiger partial charge is 0.658 e. The van der Waals surface area contributed by atoms with Crippen LogP contribution in [-0.2, 0) is 12.8 Å². The normalized spacial score (nSPS) is 10.2. The molecule has 109 valence electrons. The van der Waals surface area contributed by atoms with Crippen LogP contribution in [0.5, 0.6) is 11.5 Å². The fourth-order valence-corrected chi connectivity index (χ4v) is 1.94. The van der Waals surface area contributed by atoms with Gasteiger partial charge in [0.15, 0.2) is 0 Å². The van der Waals surface area contributed by atoms with Crippen LogP contribution in [0.4, 0.5) is 0 Å². The highest BCUT2D eigenvalue weighted by molar-refractivity contribution is 6.20. The first kappa shape index (κ1) is 15.4. The zero-order valence-corrected chi connectivity index (χ0v) is 12.0. The number of nitrogens with two attached hydrogens (primary N) is 2. The van der Waals surface area contributed by atoms with E-state index in [0.29, 0.717) is 13.1 Å². The van der Waals surface area contributed by atoms with Crippen molar-refractivity contribution in [2.24, 2.45) is 11.5 Å². The third kappa shape index (κ3) is 5.13. The summed E-state index contributed by atoms with van der Waals surface area (Å²) in [6.07, 6.45) is 1.74. The summed E-state index contributed by atoms with van der Waals surface area (Å²) in [6, 6.07) is 15.6. The molecule has 21 heavy (non-hydrogen) atoms. The second kappa shape index (κ2) is 8.34. The number of hydrogen-bond donors (Lipinski definition) is 2. The quantitative estimate of drug-likeness (QED) is 0.723. The Balaban J connectivity index is 1.78. The summed E-state index contributed by atoms with van der Waals surface area (Å²) in [4.78, 5) is 0. The monoisotopic (exact) mass is 283 g/mol. The summed E-state index contributed by atoms with van der Waals surface area (Å²) >= 11 is 0. The van der Waals surface area contributed by atoms with Gasteiger partial charge in [0.2, 0.25) is 0 Å². The molecule has 0 atom stereocenters. The molecule has 0 saturated heterocycles. The summed E-state index contributed by atoms with van der Waals surface area (Å²) in [6.45, 7) is 1.30. The van der Waals surface area contributed by atoms with Crippen molar-refractivity contribution in [2.45, 2.75) is 12.8 Å².